The van der Waals surface area contributed by atoms with Gasteiger partial charge in [0.2, 0.25) is 5.91 Å². The summed E-state index contributed by atoms with van der Waals surface area (Å²) in [5.41, 5.74) is 2.82. The minimum atomic E-state index is -0.127. The van der Waals surface area contributed by atoms with Crippen LogP contribution in [0.3, 0.4) is 0 Å². The van der Waals surface area contributed by atoms with E-state index in [4.69, 9.17) is 16.3 Å². The van der Waals surface area contributed by atoms with E-state index in [2.05, 4.69) is 37.2 Å². The third kappa shape index (κ3) is 6.09. The van der Waals surface area contributed by atoms with E-state index in [9.17, 15) is 4.79 Å². The second-order valence-electron chi connectivity index (χ2n) is 7.71. The van der Waals surface area contributed by atoms with Gasteiger partial charge in [-0.25, -0.2) is 9.97 Å². The Kier molecular flexibility index (Phi) is 7.57. The van der Waals surface area contributed by atoms with Gasteiger partial charge in [0.1, 0.15) is 22.9 Å². The van der Waals surface area contributed by atoms with E-state index in [-0.39, 0.29) is 11.7 Å². The number of benzene rings is 2. The first-order valence-electron chi connectivity index (χ1n) is 10.7. The van der Waals surface area contributed by atoms with Crippen LogP contribution in [0.15, 0.2) is 59.9 Å². The van der Waals surface area contributed by atoms with E-state index in [1.54, 1.807) is 13.4 Å². The molecule has 1 saturated heterocycles. The second-order valence-corrected chi connectivity index (χ2v) is 9.11. The summed E-state index contributed by atoms with van der Waals surface area (Å²) >= 11 is 7.58. The molecular weight excluding hydrogens is 458 g/mol. The molecule has 1 aromatic heterocycles. The summed E-state index contributed by atoms with van der Waals surface area (Å²) in [6, 6.07) is 15.6. The Labute approximate surface area is 203 Å². The lowest BCUT2D eigenvalue weighted by Gasteiger charge is -2.36. The molecule has 33 heavy (non-hydrogen) atoms. The van der Waals surface area contributed by atoms with E-state index >= 15 is 0 Å². The van der Waals surface area contributed by atoms with Gasteiger partial charge in [-0.3, -0.25) is 4.79 Å². The Morgan fingerprint density at radius 2 is 1.88 bits per heavy atom. The number of aryl methyl sites for hydroxylation is 1. The smallest absolute Gasteiger partial charge is 0.234 e. The number of piperazine rings is 1. The lowest BCUT2D eigenvalue weighted by atomic mass is 10.2. The number of hydrogen-bond donors (Lipinski definition) is 1. The predicted octanol–water partition coefficient (Wildman–Crippen LogP) is 4.50. The van der Waals surface area contributed by atoms with Crippen LogP contribution < -0.4 is 19.9 Å². The van der Waals surface area contributed by atoms with Crippen molar-refractivity contribution in [3.05, 3.63) is 65.4 Å². The van der Waals surface area contributed by atoms with Crippen molar-refractivity contribution in [2.24, 2.45) is 0 Å². The molecule has 0 saturated carbocycles. The normalized spacial score (nSPS) is 13.7. The van der Waals surface area contributed by atoms with Gasteiger partial charge in [0.05, 0.1) is 23.6 Å². The number of halogens is 1. The second kappa shape index (κ2) is 10.8. The number of carbonyl (C=O) groups excluding carboxylic acids is 1. The van der Waals surface area contributed by atoms with Crippen molar-refractivity contribution in [1.82, 2.24) is 9.97 Å². The van der Waals surface area contributed by atoms with Gasteiger partial charge >= 0.3 is 0 Å². The molecule has 4 rings (SSSR count). The standard InChI is InChI=1S/C24H26ClN5O2S/c1-17-6-7-21(20(25)12-17)28-23(31)15-33-24-14-22(26-16-27-24)30-10-8-29(9-11-30)18-4-3-5-19(13-18)32-2/h3-7,12-14,16H,8-11,15H2,1-2H3,(H,28,31). The zero-order chi connectivity index (χ0) is 23.2. The Morgan fingerprint density at radius 1 is 1.09 bits per heavy atom. The van der Waals surface area contributed by atoms with Crippen molar-refractivity contribution in [1.29, 1.82) is 0 Å². The van der Waals surface area contributed by atoms with E-state index in [1.165, 1.54) is 11.8 Å². The molecule has 1 amide bonds. The summed E-state index contributed by atoms with van der Waals surface area (Å²) in [4.78, 5) is 25.7. The minimum Gasteiger partial charge on any atom is -0.497 e. The Bertz CT molecular complexity index is 1120. The molecule has 9 heteroatoms. The molecule has 0 unspecified atom stereocenters. The number of nitrogens with zero attached hydrogens (tertiary/aromatic N) is 4. The van der Waals surface area contributed by atoms with Crippen molar-refractivity contribution in [3.63, 3.8) is 0 Å². The largest absolute Gasteiger partial charge is 0.497 e. The third-order valence-corrected chi connectivity index (χ3v) is 6.64. The van der Waals surface area contributed by atoms with E-state index in [0.717, 1.165) is 54.0 Å². The van der Waals surface area contributed by atoms with Gasteiger partial charge in [-0.2, -0.15) is 0 Å². The average molecular weight is 484 g/mol. The average Bonchev–Trinajstić information content (AvgIpc) is 2.85. The number of amides is 1. The summed E-state index contributed by atoms with van der Waals surface area (Å²) in [6.07, 6.45) is 1.56. The Morgan fingerprint density at radius 3 is 2.64 bits per heavy atom. The zero-order valence-corrected chi connectivity index (χ0v) is 20.2. The van der Waals surface area contributed by atoms with Crippen LogP contribution in [0.2, 0.25) is 5.02 Å². The summed E-state index contributed by atoms with van der Waals surface area (Å²) in [5.74, 6) is 1.85. The molecule has 2 aromatic carbocycles. The van der Waals surface area contributed by atoms with Gasteiger partial charge in [0.15, 0.2) is 0 Å². The maximum absolute atomic E-state index is 12.4. The predicted molar refractivity (Wildman–Crippen MR) is 135 cm³/mol. The lowest BCUT2D eigenvalue weighted by Crippen LogP contribution is -2.46. The number of ether oxygens (including phenoxy) is 1. The van der Waals surface area contributed by atoms with Crippen LogP contribution in [0.25, 0.3) is 0 Å². The summed E-state index contributed by atoms with van der Waals surface area (Å²) in [6.45, 7) is 5.44. The number of aromatic nitrogens is 2. The first kappa shape index (κ1) is 23.2. The van der Waals surface area contributed by atoms with Crippen LogP contribution >= 0.6 is 23.4 Å². The van der Waals surface area contributed by atoms with Crippen LogP contribution in [0.5, 0.6) is 5.75 Å². The molecule has 1 aliphatic heterocycles. The van der Waals surface area contributed by atoms with Crippen molar-refractivity contribution in [2.75, 3.05) is 54.2 Å². The van der Waals surface area contributed by atoms with Gasteiger partial charge in [-0.15, -0.1) is 0 Å². The molecule has 7 nitrogen and oxygen atoms in total. The summed E-state index contributed by atoms with van der Waals surface area (Å²) < 4.78 is 5.34. The number of thioether (sulfide) groups is 1. The molecule has 1 fully saturated rings. The maximum Gasteiger partial charge on any atom is 0.234 e. The van der Waals surface area contributed by atoms with Crippen molar-refractivity contribution < 1.29 is 9.53 Å². The molecule has 172 valence electrons. The van der Waals surface area contributed by atoms with Gasteiger partial charge in [-0.05, 0) is 36.8 Å². The molecule has 0 radical (unpaired) electrons. The zero-order valence-electron chi connectivity index (χ0n) is 18.6. The lowest BCUT2D eigenvalue weighted by molar-refractivity contribution is -0.113. The van der Waals surface area contributed by atoms with E-state index in [1.807, 2.05) is 43.3 Å². The highest BCUT2D eigenvalue weighted by atomic mass is 35.5. The fourth-order valence-corrected chi connectivity index (χ4v) is 4.57. The third-order valence-electron chi connectivity index (χ3n) is 5.40. The first-order valence-corrected chi connectivity index (χ1v) is 12.0. The molecule has 0 atom stereocenters. The van der Waals surface area contributed by atoms with Crippen LogP contribution in [0, 0.1) is 6.92 Å². The Balaban J connectivity index is 1.31. The van der Waals surface area contributed by atoms with E-state index < -0.39 is 0 Å². The summed E-state index contributed by atoms with van der Waals surface area (Å²) in [7, 11) is 1.68. The fraction of sp³-hybridized carbons (Fsp3) is 0.292. The number of nitrogens with one attached hydrogen (secondary N) is 1. The number of methoxy groups -OCH3 is 1. The van der Waals surface area contributed by atoms with Gasteiger partial charge in [0, 0.05) is 44.0 Å². The quantitative estimate of drug-likeness (QED) is 0.391. The molecule has 2 heterocycles. The molecule has 0 aliphatic carbocycles. The van der Waals surface area contributed by atoms with Gasteiger partial charge in [0.25, 0.3) is 0 Å². The van der Waals surface area contributed by atoms with Crippen LogP contribution in [0.1, 0.15) is 5.56 Å². The van der Waals surface area contributed by atoms with Crippen molar-refractivity contribution in [2.45, 2.75) is 11.9 Å². The van der Waals surface area contributed by atoms with Gasteiger partial charge in [-0.1, -0.05) is 35.5 Å². The highest BCUT2D eigenvalue weighted by molar-refractivity contribution is 7.99. The molecule has 0 bridgehead atoms. The van der Waals surface area contributed by atoms with Crippen molar-refractivity contribution >= 4 is 46.5 Å². The van der Waals surface area contributed by atoms with Crippen LogP contribution in [-0.4, -0.2) is 54.9 Å². The number of anilines is 3. The first-order chi connectivity index (χ1) is 16.0. The minimum absolute atomic E-state index is 0.127. The molecule has 3 aromatic rings. The monoisotopic (exact) mass is 483 g/mol. The molecule has 1 aliphatic rings. The number of carbonyl (C=O) groups is 1. The summed E-state index contributed by atoms with van der Waals surface area (Å²) in [5, 5.41) is 4.15. The van der Waals surface area contributed by atoms with Gasteiger partial charge < -0.3 is 19.9 Å². The van der Waals surface area contributed by atoms with E-state index in [0.29, 0.717) is 10.7 Å². The fourth-order valence-electron chi connectivity index (χ4n) is 3.63. The highest BCUT2D eigenvalue weighted by Gasteiger charge is 2.19. The SMILES string of the molecule is COc1cccc(N2CCN(c3cc(SCC(=O)Nc4ccc(C)cc4Cl)ncn3)CC2)c1. The number of hydrogen-bond acceptors (Lipinski definition) is 7. The molecular formula is C24H26ClN5O2S. The maximum atomic E-state index is 12.4. The Hall–Kier alpha value is -2.97. The van der Waals surface area contributed by atoms with Crippen molar-refractivity contribution in [3.8, 4) is 5.75 Å². The molecule has 1 N–H and O–H groups in total. The highest BCUT2D eigenvalue weighted by Crippen LogP contribution is 2.26. The molecule has 0 spiro atoms. The van der Waals surface area contributed by atoms with Crippen LogP contribution in [-0.2, 0) is 4.79 Å². The topological polar surface area (TPSA) is 70.6 Å². The van der Waals surface area contributed by atoms with Crippen LogP contribution in [0.4, 0.5) is 17.2 Å². The number of rotatable bonds is 7.